The summed E-state index contributed by atoms with van der Waals surface area (Å²) in [5, 5.41) is 9.04. The van der Waals surface area contributed by atoms with E-state index in [0.29, 0.717) is 35.3 Å². The Labute approximate surface area is 248 Å². The van der Waals surface area contributed by atoms with E-state index in [1.165, 1.54) is 28.6 Å². The number of carbonyl (C=O) groups is 1. The van der Waals surface area contributed by atoms with Crippen molar-refractivity contribution in [3.63, 3.8) is 0 Å². The fraction of sp³-hybridized carbons (Fsp3) is 0.344. The third kappa shape index (κ3) is 6.81. The predicted octanol–water partition coefficient (Wildman–Crippen LogP) is 4.94. The molecule has 0 atom stereocenters. The molecule has 0 aliphatic heterocycles. The molecule has 0 unspecified atom stereocenters. The molecule has 0 N–H and O–H groups in total. The van der Waals surface area contributed by atoms with Gasteiger partial charge < -0.3 is 14.2 Å². The molecule has 10 heteroatoms. The van der Waals surface area contributed by atoms with Crippen LogP contribution in [0.2, 0.25) is 0 Å². The minimum absolute atomic E-state index is 0.0966. The van der Waals surface area contributed by atoms with Gasteiger partial charge in [0.15, 0.2) is 0 Å². The van der Waals surface area contributed by atoms with E-state index in [0.717, 1.165) is 36.4 Å². The summed E-state index contributed by atoms with van der Waals surface area (Å²) in [4.78, 5) is 19.2. The Morgan fingerprint density at radius 2 is 1.64 bits per heavy atom. The highest BCUT2D eigenvalue weighted by atomic mass is 32.2. The summed E-state index contributed by atoms with van der Waals surface area (Å²) in [6.07, 6.45) is 1.46. The van der Waals surface area contributed by atoms with Crippen LogP contribution < -0.4 is 4.31 Å². The van der Waals surface area contributed by atoms with Crippen molar-refractivity contribution < 1.29 is 17.9 Å². The minimum atomic E-state index is -3.95. The number of sulfonamides is 1. The fourth-order valence-corrected chi connectivity index (χ4v) is 6.33. The first-order chi connectivity index (χ1) is 20.2. The van der Waals surface area contributed by atoms with Crippen LogP contribution in [0.25, 0.3) is 11.0 Å². The number of esters is 1. The third-order valence-corrected chi connectivity index (χ3v) is 9.27. The predicted molar refractivity (Wildman–Crippen MR) is 164 cm³/mol. The number of ether oxygens (including phenoxy) is 1. The molecule has 9 nitrogen and oxygen atoms in total. The number of rotatable bonds is 13. The first-order valence-corrected chi connectivity index (χ1v) is 15.6. The van der Waals surface area contributed by atoms with Gasteiger partial charge in [0, 0.05) is 26.6 Å². The molecular weight excluding hydrogens is 550 g/mol. The van der Waals surface area contributed by atoms with E-state index in [1.54, 1.807) is 6.92 Å². The van der Waals surface area contributed by atoms with Crippen molar-refractivity contribution in [2.45, 2.75) is 38.5 Å². The molecule has 1 aromatic heterocycles. The van der Waals surface area contributed by atoms with Gasteiger partial charge in [-0.3, -0.25) is 4.31 Å². The van der Waals surface area contributed by atoms with E-state index in [9.17, 15) is 13.2 Å². The Bertz CT molecular complexity index is 1670. The molecule has 0 aliphatic carbocycles. The lowest BCUT2D eigenvalue weighted by atomic mass is 10.1. The van der Waals surface area contributed by atoms with Gasteiger partial charge in [-0.2, -0.15) is 5.26 Å². The zero-order valence-electron chi connectivity index (χ0n) is 24.6. The zero-order valence-corrected chi connectivity index (χ0v) is 25.4. The lowest BCUT2D eigenvalue weighted by Crippen LogP contribution is -2.38. The highest BCUT2D eigenvalue weighted by molar-refractivity contribution is 7.92. The number of likely N-dealkylation sites (N-methyl/N-ethyl adjacent to an activating group) is 1. The van der Waals surface area contributed by atoms with Gasteiger partial charge in [0.25, 0.3) is 10.0 Å². The number of nitriles is 1. The van der Waals surface area contributed by atoms with Crippen molar-refractivity contribution in [3.05, 3.63) is 89.2 Å². The Balaban J connectivity index is 1.65. The molecule has 220 valence electrons. The molecule has 0 fully saturated rings. The van der Waals surface area contributed by atoms with Crippen molar-refractivity contribution in [3.8, 4) is 6.07 Å². The van der Waals surface area contributed by atoms with Crippen molar-refractivity contribution in [2.24, 2.45) is 7.05 Å². The monoisotopic (exact) mass is 587 g/mol. The molecule has 4 rings (SSSR count). The first-order valence-electron chi connectivity index (χ1n) is 14.2. The van der Waals surface area contributed by atoms with Crippen LogP contribution in [0.15, 0.2) is 71.6 Å². The van der Waals surface area contributed by atoms with E-state index in [4.69, 9.17) is 15.0 Å². The summed E-state index contributed by atoms with van der Waals surface area (Å²) >= 11 is 0. The average Bonchev–Trinajstić information content (AvgIpc) is 3.32. The highest BCUT2D eigenvalue weighted by Gasteiger charge is 2.26. The fourth-order valence-electron chi connectivity index (χ4n) is 4.88. The number of hydrogen-bond donors (Lipinski definition) is 0. The lowest BCUT2D eigenvalue weighted by molar-refractivity contribution is 0.0526. The van der Waals surface area contributed by atoms with Crippen LogP contribution in [0.3, 0.4) is 0 Å². The molecular formula is C32H37N5O4S. The summed E-state index contributed by atoms with van der Waals surface area (Å²) in [6, 6.07) is 21.1. The minimum Gasteiger partial charge on any atom is -0.462 e. The molecule has 0 spiro atoms. The van der Waals surface area contributed by atoms with Crippen LogP contribution in [0.1, 0.15) is 48.1 Å². The van der Waals surface area contributed by atoms with Crippen molar-refractivity contribution in [1.82, 2.24) is 14.5 Å². The van der Waals surface area contributed by atoms with Gasteiger partial charge in [-0.1, -0.05) is 26.0 Å². The van der Waals surface area contributed by atoms with Crippen LogP contribution >= 0.6 is 0 Å². The van der Waals surface area contributed by atoms with Gasteiger partial charge in [0.1, 0.15) is 5.82 Å². The van der Waals surface area contributed by atoms with E-state index in [-0.39, 0.29) is 18.0 Å². The van der Waals surface area contributed by atoms with Crippen molar-refractivity contribution >= 4 is 32.7 Å². The number of hydrogen-bond acceptors (Lipinski definition) is 7. The maximum absolute atomic E-state index is 14.0. The van der Waals surface area contributed by atoms with Crippen molar-refractivity contribution in [2.75, 3.05) is 37.1 Å². The first kappa shape index (κ1) is 30.8. The molecule has 4 aromatic rings. The molecule has 42 heavy (non-hydrogen) atoms. The van der Waals surface area contributed by atoms with Crippen LogP contribution in [-0.4, -0.2) is 61.6 Å². The van der Waals surface area contributed by atoms with Crippen LogP contribution in [-0.2, 0) is 34.6 Å². The maximum Gasteiger partial charge on any atom is 0.338 e. The average molecular weight is 588 g/mol. The molecule has 0 saturated heterocycles. The van der Waals surface area contributed by atoms with Gasteiger partial charge in [-0.05, 0) is 86.6 Å². The van der Waals surface area contributed by atoms with E-state index in [2.05, 4.69) is 24.8 Å². The normalized spacial score (nSPS) is 11.5. The number of anilines is 1. The molecule has 0 amide bonds. The molecule has 0 bridgehead atoms. The summed E-state index contributed by atoms with van der Waals surface area (Å²) in [7, 11) is -1.99. The van der Waals surface area contributed by atoms with Crippen LogP contribution in [0, 0.1) is 11.3 Å². The Morgan fingerprint density at radius 1 is 0.952 bits per heavy atom. The number of nitrogens with zero attached hydrogens (tertiary/aromatic N) is 5. The number of fused-ring (bicyclic) bond motifs is 1. The summed E-state index contributed by atoms with van der Waals surface area (Å²) < 4.78 is 36.5. The summed E-state index contributed by atoms with van der Waals surface area (Å²) in [6.45, 7) is 8.50. The number of aromatic nitrogens is 2. The van der Waals surface area contributed by atoms with E-state index < -0.39 is 16.0 Å². The largest absolute Gasteiger partial charge is 0.462 e. The molecule has 0 saturated carbocycles. The quantitative estimate of drug-likeness (QED) is 0.204. The zero-order chi connectivity index (χ0) is 30.3. The molecule has 1 heterocycles. The maximum atomic E-state index is 14.0. The van der Waals surface area contributed by atoms with Crippen LogP contribution in [0.5, 0.6) is 0 Å². The number of benzene rings is 3. The Hall–Kier alpha value is -4.20. The summed E-state index contributed by atoms with van der Waals surface area (Å²) in [5.74, 6) is 0.397. The Morgan fingerprint density at radius 3 is 2.26 bits per heavy atom. The van der Waals surface area contributed by atoms with Crippen molar-refractivity contribution in [1.29, 1.82) is 5.26 Å². The lowest BCUT2D eigenvalue weighted by Gasteiger charge is -2.28. The highest BCUT2D eigenvalue weighted by Crippen LogP contribution is 2.28. The second-order valence-corrected chi connectivity index (χ2v) is 11.8. The number of aryl methyl sites for hydroxylation is 3. The summed E-state index contributed by atoms with van der Waals surface area (Å²) in [5.41, 5.74) is 4.20. The third-order valence-electron chi connectivity index (χ3n) is 7.43. The van der Waals surface area contributed by atoms with Gasteiger partial charge >= 0.3 is 5.97 Å². The van der Waals surface area contributed by atoms with Crippen LogP contribution in [0.4, 0.5) is 5.69 Å². The second kappa shape index (κ2) is 13.6. The van der Waals surface area contributed by atoms with Gasteiger partial charge in [-0.15, -0.1) is 0 Å². The van der Waals surface area contributed by atoms with E-state index >= 15 is 0 Å². The molecule has 3 aromatic carbocycles. The molecule has 0 radical (unpaired) electrons. The number of carbonyl (C=O) groups excluding carboxylic acids is 1. The van der Waals surface area contributed by atoms with Gasteiger partial charge in [-0.25, -0.2) is 18.2 Å². The second-order valence-electron chi connectivity index (χ2n) is 9.92. The van der Waals surface area contributed by atoms with Gasteiger partial charge in [0.2, 0.25) is 0 Å². The Kier molecular flexibility index (Phi) is 9.99. The standard InChI is InChI=1S/C32H37N5O4S/c1-5-36(6-2)20-21-37(42(39,40)28-16-13-26(14-17-28)32(38)41-7-3)27-15-18-30-29(22-27)34-31(35(30)4)19-12-24-8-10-25(23-33)11-9-24/h8-11,13-18,22H,5-7,12,19-21H2,1-4H3. The van der Waals surface area contributed by atoms with Gasteiger partial charge in [0.05, 0.1) is 45.4 Å². The van der Waals surface area contributed by atoms with E-state index in [1.807, 2.05) is 54.1 Å². The SMILES string of the molecule is CCOC(=O)c1ccc(S(=O)(=O)N(CCN(CC)CC)c2ccc3c(c2)nc(CCc2ccc(C#N)cc2)n3C)cc1. The smallest absolute Gasteiger partial charge is 0.338 e. The topological polar surface area (TPSA) is 109 Å². The number of imidazole rings is 1. The molecule has 0 aliphatic rings.